The van der Waals surface area contributed by atoms with Crippen molar-refractivity contribution < 1.29 is 15.0 Å². The molecule has 0 aliphatic carbocycles. The highest BCUT2D eigenvalue weighted by atomic mass is 16.4. The Bertz CT molecular complexity index is 127. The van der Waals surface area contributed by atoms with Crippen LogP contribution in [0.15, 0.2) is 0 Å². The lowest BCUT2D eigenvalue weighted by atomic mass is 10.2. The molecule has 0 aromatic heterocycles. The highest BCUT2D eigenvalue weighted by molar-refractivity contribution is 5.64. The van der Waals surface area contributed by atoms with E-state index in [1.807, 2.05) is 18.9 Å². The lowest BCUT2D eigenvalue weighted by Crippen LogP contribution is -2.34. The molecule has 1 N–H and O–H groups in total. The van der Waals surface area contributed by atoms with Crippen molar-refractivity contribution >= 4 is 5.97 Å². The van der Waals surface area contributed by atoms with Crippen molar-refractivity contribution in [1.29, 1.82) is 0 Å². The van der Waals surface area contributed by atoms with Gasteiger partial charge < -0.3 is 19.9 Å². The van der Waals surface area contributed by atoms with Crippen molar-refractivity contribution in [2.45, 2.75) is 19.4 Å². The minimum absolute atomic E-state index is 0.287. The summed E-state index contributed by atoms with van der Waals surface area (Å²) in [5, 5.41) is 19.0. The minimum Gasteiger partial charge on any atom is -0.550 e. The molecule has 4 heteroatoms. The van der Waals surface area contributed by atoms with E-state index in [-0.39, 0.29) is 6.42 Å². The molecule has 0 aromatic carbocycles. The fourth-order valence-electron chi connectivity index (χ4n) is 0.746. The van der Waals surface area contributed by atoms with Crippen LogP contribution in [0.5, 0.6) is 0 Å². The number of hydrogen-bond acceptors (Lipinski definition) is 4. The van der Waals surface area contributed by atoms with Gasteiger partial charge in [-0.15, -0.1) is 0 Å². The lowest BCUT2D eigenvalue weighted by molar-refractivity contribution is -0.307. The second-order valence-corrected chi connectivity index (χ2v) is 2.58. The van der Waals surface area contributed by atoms with E-state index >= 15 is 0 Å². The number of likely N-dealkylation sites (N-methyl/N-ethyl adjacent to an activating group) is 1. The first-order valence-electron chi connectivity index (χ1n) is 3.62. The first kappa shape index (κ1) is 10.4. The van der Waals surface area contributed by atoms with Crippen molar-refractivity contribution in [3.05, 3.63) is 0 Å². The SMILES string of the molecule is CCN(C)C[C@H](O)CC(=O)[O-]. The first-order chi connectivity index (χ1) is 5.06. The van der Waals surface area contributed by atoms with E-state index in [9.17, 15) is 9.90 Å². The predicted molar refractivity (Wildman–Crippen MR) is 38.8 cm³/mol. The maximum absolute atomic E-state index is 9.99. The topological polar surface area (TPSA) is 63.6 Å². The van der Waals surface area contributed by atoms with Gasteiger partial charge >= 0.3 is 0 Å². The second kappa shape index (κ2) is 5.09. The fraction of sp³-hybridized carbons (Fsp3) is 0.857. The standard InChI is InChI=1S/C7H15NO3/c1-3-8(2)5-6(9)4-7(10)11/h6,9H,3-5H2,1-2H3,(H,10,11)/p-1/t6-/m1/s1. The quantitative estimate of drug-likeness (QED) is 0.528. The number of carboxylic acid groups (broad SMARTS) is 1. The number of aliphatic hydroxyl groups is 1. The van der Waals surface area contributed by atoms with E-state index in [4.69, 9.17) is 5.11 Å². The maximum atomic E-state index is 9.99. The number of hydrogen-bond donors (Lipinski definition) is 1. The van der Waals surface area contributed by atoms with Gasteiger partial charge in [0.05, 0.1) is 6.10 Å². The third-order valence-corrected chi connectivity index (χ3v) is 1.46. The third kappa shape index (κ3) is 5.82. The number of rotatable bonds is 5. The minimum atomic E-state index is -1.21. The molecule has 66 valence electrons. The largest absolute Gasteiger partial charge is 0.550 e. The van der Waals surface area contributed by atoms with Crippen molar-refractivity contribution in [2.24, 2.45) is 0 Å². The summed E-state index contributed by atoms with van der Waals surface area (Å²) in [5.41, 5.74) is 0. The average Bonchev–Trinajstić information content (AvgIpc) is 1.85. The summed E-state index contributed by atoms with van der Waals surface area (Å²) in [6.45, 7) is 3.11. The molecule has 0 bridgehead atoms. The number of carbonyl (C=O) groups is 1. The molecular formula is C7H14NO3-. The van der Waals surface area contributed by atoms with Crippen LogP contribution in [0.25, 0.3) is 0 Å². The zero-order valence-electron chi connectivity index (χ0n) is 6.91. The average molecular weight is 160 g/mol. The van der Waals surface area contributed by atoms with Crippen LogP contribution in [0.2, 0.25) is 0 Å². The molecule has 0 heterocycles. The molecule has 0 spiro atoms. The molecule has 0 amide bonds. The van der Waals surface area contributed by atoms with Crippen molar-refractivity contribution in [1.82, 2.24) is 4.90 Å². The molecule has 4 nitrogen and oxygen atoms in total. The molecule has 0 aliphatic heterocycles. The van der Waals surface area contributed by atoms with Crippen LogP contribution in [0, 0.1) is 0 Å². The Morgan fingerprint density at radius 3 is 2.64 bits per heavy atom. The van der Waals surface area contributed by atoms with Crippen LogP contribution in [0.1, 0.15) is 13.3 Å². The zero-order valence-corrected chi connectivity index (χ0v) is 6.91. The number of aliphatic carboxylic acids is 1. The van der Waals surface area contributed by atoms with Gasteiger partial charge in [0.1, 0.15) is 0 Å². The number of aliphatic hydroxyl groups excluding tert-OH is 1. The first-order valence-corrected chi connectivity index (χ1v) is 3.62. The Hall–Kier alpha value is -0.610. The molecular weight excluding hydrogens is 146 g/mol. The molecule has 11 heavy (non-hydrogen) atoms. The Labute approximate surface area is 66.4 Å². The summed E-state index contributed by atoms with van der Waals surface area (Å²) in [6.07, 6.45) is -1.10. The number of carbonyl (C=O) groups excluding carboxylic acids is 1. The Balaban J connectivity index is 3.51. The summed E-state index contributed by atoms with van der Waals surface area (Å²) in [7, 11) is 1.82. The molecule has 0 saturated heterocycles. The fourth-order valence-corrected chi connectivity index (χ4v) is 0.746. The van der Waals surface area contributed by atoms with Gasteiger partial charge in [0, 0.05) is 18.9 Å². The summed E-state index contributed by atoms with van der Waals surface area (Å²) < 4.78 is 0. The van der Waals surface area contributed by atoms with Crippen molar-refractivity contribution in [2.75, 3.05) is 20.1 Å². The molecule has 0 rings (SSSR count). The van der Waals surface area contributed by atoms with Crippen LogP contribution >= 0.6 is 0 Å². The van der Waals surface area contributed by atoms with Gasteiger partial charge in [0.25, 0.3) is 0 Å². The van der Waals surface area contributed by atoms with E-state index in [1.165, 1.54) is 0 Å². The Morgan fingerprint density at radius 2 is 2.27 bits per heavy atom. The van der Waals surface area contributed by atoms with E-state index in [0.717, 1.165) is 6.54 Å². The Morgan fingerprint density at radius 1 is 1.73 bits per heavy atom. The zero-order chi connectivity index (χ0) is 8.85. The van der Waals surface area contributed by atoms with E-state index in [2.05, 4.69) is 0 Å². The van der Waals surface area contributed by atoms with Crippen LogP contribution in [0.3, 0.4) is 0 Å². The van der Waals surface area contributed by atoms with Gasteiger partial charge in [0.2, 0.25) is 0 Å². The van der Waals surface area contributed by atoms with Crippen LogP contribution in [0.4, 0.5) is 0 Å². The summed E-state index contributed by atoms with van der Waals surface area (Å²) >= 11 is 0. The van der Waals surface area contributed by atoms with E-state index < -0.39 is 12.1 Å². The normalized spacial score (nSPS) is 13.5. The van der Waals surface area contributed by atoms with Gasteiger partial charge in [0.15, 0.2) is 0 Å². The van der Waals surface area contributed by atoms with E-state index in [1.54, 1.807) is 0 Å². The third-order valence-electron chi connectivity index (χ3n) is 1.46. The highest BCUT2D eigenvalue weighted by Crippen LogP contribution is 1.92. The van der Waals surface area contributed by atoms with E-state index in [0.29, 0.717) is 6.54 Å². The van der Waals surface area contributed by atoms with Gasteiger partial charge in [-0.3, -0.25) is 0 Å². The molecule has 0 radical (unpaired) electrons. The predicted octanol–water partition coefficient (Wildman–Crippen LogP) is -1.56. The van der Waals surface area contributed by atoms with Gasteiger partial charge in [-0.1, -0.05) is 6.92 Å². The van der Waals surface area contributed by atoms with Crippen molar-refractivity contribution in [3.8, 4) is 0 Å². The van der Waals surface area contributed by atoms with Gasteiger partial charge in [-0.25, -0.2) is 0 Å². The monoisotopic (exact) mass is 160 g/mol. The molecule has 0 aliphatic rings. The number of nitrogens with zero attached hydrogens (tertiary/aromatic N) is 1. The Kier molecular flexibility index (Phi) is 4.81. The molecule has 0 aromatic rings. The van der Waals surface area contributed by atoms with Crippen molar-refractivity contribution in [3.63, 3.8) is 0 Å². The summed E-state index contributed by atoms with van der Waals surface area (Å²) in [6, 6.07) is 0. The molecule has 1 atom stereocenters. The van der Waals surface area contributed by atoms with Gasteiger partial charge in [-0.05, 0) is 13.6 Å². The summed E-state index contributed by atoms with van der Waals surface area (Å²) in [4.78, 5) is 11.8. The van der Waals surface area contributed by atoms with Crippen LogP contribution < -0.4 is 5.11 Å². The van der Waals surface area contributed by atoms with Gasteiger partial charge in [-0.2, -0.15) is 0 Å². The highest BCUT2D eigenvalue weighted by Gasteiger charge is 2.06. The molecule has 0 unspecified atom stereocenters. The smallest absolute Gasteiger partial charge is 0.0719 e. The van der Waals surface area contributed by atoms with Crippen LogP contribution in [-0.2, 0) is 4.79 Å². The van der Waals surface area contributed by atoms with Crippen LogP contribution in [-0.4, -0.2) is 42.2 Å². The maximum Gasteiger partial charge on any atom is 0.0719 e. The number of carboxylic acids is 1. The molecule has 0 saturated carbocycles. The molecule has 0 fully saturated rings. The summed E-state index contributed by atoms with van der Waals surface area (Å²) in [5.74, 6) is -1.21. The second-order valence-electron chi connectivity index (χ2n) is 2.58. The lowest BCUT2D eigenvalue weighted by Gasteiger charge is -2.18.